The summed E-state index contributed by atoms with van der Waals surface area (Å²) in [6.45, 7) is 0. The van der Waals surface area contributed by atoms with Gasteiger partial charge >= 0.3 is 0 Å². The Morgan fingerprint density at radius 3 is 2.68 bits per heavy atom. The van der Waals surface area contributed by atoms with Crippen molar-refractivity contribution in [3.8, 4) is 5.75 Å². The second-order valence-electron chi connectivity index (χ2n) is 3.74. The standard InChI is InChI=1S/C13H8BrClINO2/c14-10-3-1-7(16)5-9(10)13(19)17-8-2-4-12(18)11(15)6-8/h1-6,18H,(H,17,19). The van der Waals surface area contributed by atoms with Crippen LogP contribution in [-0.2, 0) is 0 Å². The Hall–Kier alpha value is -0.790. The number of hydrogen-bond donors (Lipinski definition) is 2. The number of nitrogens with one attached hydrogen (secondary N) is 1. The molecule has 0 aliphatic rings. The Bertz CT molecular complexity index is 649. The molecule has 0 unspecified atom stereocenters. The van der Waals surface area contributed by atoms with E-state index >= 15 is 0 Å². The van der Waals surface area contributed by atoms with Crippen molar-refractivity contribution in [1.82, 2.24) is 0 Å². The van der Waals surface area contributed by atoms with Gasteiger partial charge in [0, 0.05) is 13.7 Å². The maximum absolute atomic E-state index is 12.1. The lowest BCUT2D eigenvalue weighted by Crippen LogP contribution is -2.12. The largest absolute Gasteiger partial charge is 0.506 e. The molecule has 0 saturated carbocycles. The number of hydrogen-bond acceptors (Lipinski definition) is 2. The summed E-state index contributed by atoms with van der Waals surface area (Å²) in [5, 5.41) is 12.2. The summed E-state index contributed by atoms with van der Waals surface area (Å²) >= 11 is 11.3. The summed E-state index contributed by atoms with van der Waals surface area (Å²) in [5.74, 6) is -0.262. The minimum atomic E-state index is -0.243. The summed E-state index contributed by atoms with van der Waals surface area (Å²) in [6.07, 6.45) is 0. The van der Waals surface area contributed by atoms with Crippen LogP contribution in [0.2, 0.25) is 5.02 Å². The van der Waals surface area contributed by atoms with Crippen LogP contribution in [-0.4, -0.2) is 11.0 Å². The van der Waals surface area contributed by atoms with Crippen LogP contribution < -0.4 is 5.32 Å². The van der Waals surface area contributed by atoms with E-state index in [1.54, 1.807) is 12.1 Å². The van der Waals surface area contributed by atoms with Crippen molar-refractivity contribution in [2.45, 2.75) is 0 Å². The number of rotatable bonds is 2. The fourth-order valence-electron chi connectivity index (χ4n) is 1.45. The molecular weight excluding hydrogens is 444 g/mol. The first kappa shape index (κ1) is 14.6. The van der Waals surface area contributed by atoms with Gasteiger partial charge in [-0.1, -0.05) is 11.6 Å². The maximum Gasteiger partial charge on any atom is 0.256 e. The fraction of sp³-hybridized carbons (Fsp3) is 0. The number of phenolic OH excluding ortho intramolecular Hbond substituents is 1. The monoisotopic (exact) mass is 451 g/mol. The van der Waals surface area contributed by atoms with Gasteiger partial charge in [-0.25, -0.2) is 0 Å². The SMILES string of the molecule is O=C(Nc1ccc(O)c(Cl)c1)c1cc(I)ccc1Br. The lowest BCUT2D eigenvalue weighted by Gasteiger charge is -2.08. The van der Waals surface area contributed by atoms with Crippen molar-refractivity contribution < 1.29 is 9.90 Å². The number of amides is 1. The van der Waals surface area contributed by atoms with E-state index in [4.69, 9.17) is 11.6 Å². The predicted molar refractivity (Wildman–Crippen MR) is 87.9 cm³/mol. The smallest absolute Gasteiger partial charge is 0.256 e. The van der Waals surface area contributed by atoms with E-state index in [-0.39, 0.29) is 16.7 Å². The van der Waals surface area contributed by atoms with E-state index in [9.17, 15) is 9.90 Å². The number of carbonyl (C=O) groups excluding carboxylic acids is 1. The molecule has 6 heteroatoms. The first-order chi connectivity index (χ1) is 8.97. The first-order valence-electron chi connectivity index (χ1n) is 5.22. The lowest BCUT2D eigenvalue weighted by molar-refractivity contribution is 0.102. The van der Waals surface area contributed by atoms with Crippen LogP contribution in [0.15, 0.2) is 40.9 Å². The summed E-state index contributed by atoms with van der Waals surface area (Å²) in [5.41, 5.74) is 1.06. The second-order valence-corrected chi connectivity index (χ2v) is 6.25. The summed E-state index contributed by atoms with van der Waals surface area (Å²) in [4.78, 5) is 12.1. The Balaban J connectivity index is 2.25. The van der Waals surface area contributed by atoms with Crippen LogP contribution in [0.4, 0.5) is 5.69 Å². The average Bonchev–Trinajstić information content (AvgIpc) is 2.36. The molecule has 0 fully saturated rings. The van der Waals surface area contributed by atoms with Crippen LogP contribution >= 0.6 is 50.1 Å². The van der Waals surface area contributed by atoms with E-state index in [1.165, 1.54) is 12.1 Å². The van der Waals surface area contributed by atoms with Crippen LogP contribution in [0.5, 0.6) is 5.75 Å². The highest BCUT2D eigenvalue weighted by atomic mass is 127. The Kier molecular flexibility index (Phi) is 4.70. The van der Waals surface area contributed by atoms with Gasteiger partial charge in [-0.3, -0.25) is 4.79 Å². The van der Waals surface area contributed by atoms with Crippen molar-refractivity contribution >= 4 is 61.7 Å². The van der Waals surface area contributed by atoms with Gasteiger partial charge in [-0.05, 0) is 74.9 Å². The molecule has 0 aliphatic carbocycles. The van der Waals surface area contributed by atoms with Gasteiger partial charge < -0.3 is 10.4 Å². The molecule has 0 aromatic heterocycles. The molecule has 19 heavy (non-hydrogen) atoms. The molecule has 0 aliphatic heterocycles. The molecule has 0 heterocycles. The molecule has 2 rings (SSSR count). The van der Waals surface area contributed by atoms with E-state index in [1.807, 2.05) is 12.1 Å². The molecule has 3 nitrogen and oxygen atoms in total. The second kappa shape index (κ2) is 6.11. The number of aromatic hydroxyl groups is 1. The van der Waals surface area contributed by atoms with Crippen LogP contribution in [0.3, 0.4) is 0 Å². The van der Waals surface area contributed by atoms with Gasteiger partial charge in [0.05, 0.1) is 10.6 Å². The number of phenols is 1. The van der Waals surface area contributed by atoms with E-state index < -0.39 is 0 Å². The van der Waals surface area contributed by atoms with Gasteiger partial charge in [0.15, 0.2) is 0 Å². The molecule has 0 bridgehead atoms. The molecule has 1 amide bonds. The fourth-order valence-corrected chi connectivity index (χ4v) is 2.55. The van der Waals surface area contributed by atoms with Gasteiger partial charge in [-0.15, -0.1) is 0 Å². The summed E-state index contributed by atoms with van der Waals surface area (Å²) in [7, 11) is 0. The number of halogens is 3. The third-order valence-corrected chi connectivity index (χ3v) is 4.04. The number of carbonyl (C=O) groups is 1. The topological polar surface area (TPSA) is 49.3 Å². The molecule has 2 N–H and O–H groups in total. The normalized spacial score (nSPS) is 10.3. The molecule has 0 radical (unpaired) electrons. The average molecular weight is 452 g/mol. The summed E-state index contributed by atoms with van der Waals surface area (Å²) in [6, 6.07) is 10.0. The first-order valence-corrected chi connectivity index (χ1v) is 7.47. The van der Waals surface area contributed by atoms with Crippen molar-refractivity contribution in [1.29, 1.82) is 0 Å². The van der Waals surface area contributed by atoms with E-state index in [0.29, 0.717) is 11.3 Å². The van der Waals surface area contributed by atoms with E-state index in [2.05, 4.69) is 43.8 Å². The molecule has 98 valence electrons. The minimum Gasteiger partial charge on any atom is -0.506 e. The summed E-state index contributed by atoms with van der Waals surface area (Å²) < 4.78 is 1.69. The van der Waals surface area contributed by atoms with Crippen molar-refractivity contribution in [3.05, 3.63) is 55.0 Å². The molecule has 0 spiro atoms. The van der Waals surface area contributed by atoms with Gasteiger partial charge in [-0.2, -0.15) is 0 Å². The van der Waals surface area contributed by atoms with Crippen molar-refractivity contribution in [3.63, 3.8) is 0 Å². The number of benzene rings is 2. The zero-order valence-corrected chi connectivity index (χ0v) is 14.0. The highest BCUT2D eigenvalue weighted by Crippen LogP contribution is 2.27. The Morgan fingerprint density at radius 2 is 2.00 bits per heavy atom. The van der Waals surface area contributed by atoms with Crippen molar-refractivity contribution in [2.75, 3.05) is 5.32 Å². The predicted octanol–water partition coefficient (Wildman–Crippen LogP) is 4.67. The van der Waals surface area contributed by atoms with Crippen molar-refractivity contribution in [2.24, 2.45) is 0 Å². The lowest BCUT2D eigenvalue weighted by atomic mass is 10.2. The molecule has 2 aromatic rings. The maximum atomic E-state index is 12.1. The van der Waals surface area contributed by atoms with Gasteiger partial charge in [0.2, 0.25) is 0 Å². The highest BCUT2D eigenvalue weighted by molar-refractivity contribution is 14.1. The van der Waals surface area contributed by atoms with Gasteiger partial charge in [0.1, 0.15) is 5.75 Å². The Labute approximate surface area is 137 Å². The zero-order chi connectivity index (χ0) is 14.0. The molecule has 0 atom stereocenters. The third kappa shape index (κ3) is 3.61. The molecule has 2 aromatic carbocycles. The van der Waals surface area contributed by atoms with Crippen LogP contribution in [0.25, 0.3) is 0 Å². The van der Waals surface area contributed by atoms with Gasteiger partial charge in [0.25, 0.3) is 5.91 Å². The van der Waals surface area contributed by atoms with E-state index in [0.717, 1.165) is 8.04 Å². The highest BCUT2D eigenvalue weighted by Gasteiger charge is 2.11. The minimum absolute atomic E-state index is 0.0184. The number of anilines is 1. The third-order valence-electron chi connectivity index (χ3n) is 2.38. The quantitative estimate of drug-likeness (QED) is 0.514. The van der Waals surface area contributed by atoms with Crippen LogP contribution in [0, 0.1) is 3.57 Å². The molecule has 0 saturated heterocycles. The molecular formula is C13H8BrClINO2. The zero-order valence-electron chi connectivity index (χ0n) is 9.45. The Morgan fingerprint density at radius 1 is 1.26 bits per heavy atom. The van der Waals surface area contributed by atoms with Crippen LogP contribution in [0.1, 0.15) is 10.4 Å².